The standard InChI is InChI=1S/C35H32N4O5/c1-8-21-17(3)24-12-25-19(5)23(10-11-33(41)42)30(38-25)15-31-35(32(40)16-34(43)44-7)20(6)27(39-31)14-29-22(9-2)18(4)26(37-29)13-28(21)36-24/h8-9,12-15H,1-2,10-11,16H2,3-7H3,(H,41,42). The predicted molar refractivity (Wildman–Crippen MR) is 172 cm³/mol. The minimum absolute atomic E-state index is 0.102. The summed E-state index contributed by atoms with van der Waals surface area (Å²) in [5.41, 5.74) is 10.6. The van der Waals surface area contributed by atoms with Crippen LogP contribution >= 0.6 is 0 Å². The number of allylic oxidation sites excluding steroid dienone is 12. The molecule has 0 amide bonds. The van der Waals surface area contributed by atoms with Gasteiger partial charge in [-0.3, -0.25) is 14.4 Å². The van der Waals surface area contributed by atoms with Gasteiger partial charge in [-0.1, -0.05) is 25.3 Å². The molecule has 5 aliphatic heterocycles. The zero-order chi connectivity index (χ0) is 31.9. The molecular weight excluding hydrogens is 556 g/mol. The summed E-state index contributed by atoms with van der Waals surface area (Å²) in [6, 6.07) is 0. The van der Waals surface area contributed by atoms with E-state index in [1.807, 2.05) is 32.9 Å². The van der Waals surface area contributed by atoms with Crippen LogP contribution in [0.5, 0.6) is 0 Å². The molecule has 0 aromatic heterocycles. The van der Waals surface area contributed by atoms with E-state index in [0.717, 1.165) is 33.4 Å². The quantitative estimate of drug-likeness (QED) is 0.275. The Balaban J connectivity index is 1.80. The molecule has 0 atom stereocenters. The van der Waals surface area contributed by atoms with Gasteiger partial charge in [-0.2, -0.15) is 0 Å². The van der Waals surface area contributed by atoms with Gasteiger partial charge in [0.2, 0.25) is 0 Å². The Labute approximate surface area is 255 Å². The Bertz CT molecular complexity index is 1870. The minimum Gasteiger partial charge on any atom is -0.481 e. The van der Waals surface area contributed by atoms with E-state index in [0.29, 0.717) is 51.2 Å². The average Bonchev–Trinajstić information content (AvgIpc) is 3.64. The number of carbonyl (C=O) groups is 3. The summed E-state index contributed by atoms with van der Waals surface area (Å²) in [5.74, 6) is -2.05. The van der Waals surface area contributed by atoms with E-state index in [2.05, 4.69) is 13.2 Å². The molecule has 0 aromatic carbocycles. The fraction of sp³-hybridized carbons (Fsp3) is 0.229. The molecule has 0 aliphatic carbocycles. The number of methoxy groups -OCH3 is 1. The maximum absolute atomic E-state index is 13.5. The van der Waals surface area contributed by atoms with Gasteiger partial charge in [-0.05, 0) is 86.3 Å². The molecule has 0 saturated carbocycles. The molecule has 5 heterocycles. The van der Waals surface area contributed by atoms with Gasteiger partial charge in [0.05, 0.1) is 52.7 Å². The molecule has 222 valence electrons. The number of nitrogens with zero attached hydrogens (tertiary/aromatic N) is 4. The van der Waals surface area contributed by atoms with Crippen LogP contribution in [0.1, 0.15) is 47.0 Å². The van der Waals surface area contributed by atoms with Gasteiger partial charge >= 0.3 is 11.9 Å². The van der Waals surface area contributed by atoms with Crippen LogP contribution in [-0.4, -0.2) is 52.8 Å². The minimum atomic E-state index is -0.937. The number of hydrogen-bond acceptors (Lipinski definition) is 8. The van der Waals surface area contributed by atoms with Gasteiger partial charge in [0, 0.05) is 23.1 Å². The maximum Gasteiger partial charge on any atom is 0.313 e. The Morgan fingerprint density at radius 2 is 1.20 bits per heavy atom. The van der Waals surface area contributed by atoms with Crippen LogP contribution in [-0.2, 0) is 19.1 Å². The van der Waals surface area contributed by atoms with Crippen LogP contribution in [0.4, 0.5) is 0 Å². The number of hydrogen-bond donors (Lipinski definition) is 1. The molecule has 0 unspecified atom stereocenters. The molecule has 0 radical (unpaired) electrons. The van der Waals surface area contributed by atoms with E-state index in [4.69, 9.17) is 24.7 Å². The number of ketones is 1. The zero-order valence-corrected chi connectivity index (χ0v) is 25.4. The highest BCUT2D eigenvalue weighted by Crippen LogP contribution is 2.37. The summed E-state index contributed by atoms with van der Waals surface area (Å²) in [5, 5.41) is 9.46. The van der Waals surface area contributed by atoms with Crippen molar-refractivity contribution in [3.63, 3.8) is 0 Å². The number of carboxylic acid groups (broad SMARTS) is 1. The smallest absolute Gasteiger partial charge is 0.313 e. The normalized spacial score (nSPS) is 19.2. The number of carbonyl (C=O) groups excluding carboxylic acids is 2. The van der Waals surface area contributed by atoms with E-state index in [1.54, 1.807) is 31.2 Å². The van der Waals surface area contributed by atoms with E-state index in [9.17, 15) is 19.5 Å². The molecule has 0 spiro atoms. The van der Waals surface area contributed by atoms with Crippen molar-refractivity contribution in [1.29, 1.82) is 0 Å². The predicted octanol–water partition coefficient (Wildman–Crippen LogP) is 5.99. The number of aliphatic imine (C=N–C) groups is 4. The molecular formula is C35H32N4O5. The molecule has 9 nitrogen and oxygen atoms in total. The van der Waals surface area contributed by atoms with Gasteiger partial charge < -0.3 is 9.84 Å². The van der Waals surface area contributed by atoms with E-state index in [1.165, 1.54) is 7.11 Å². The molecule has 0 saturated heterocycles. The third-order valence-electron chi connectivity index (χ3n) is 8.16. The second-order valence-corrected chi connectivity index (χ2v) is 10.8. The lowest BCUT2D eigenvalue weighted by Gasteiger charge is -2.07. The first kappa shape index (κ1) is 30.2. The van der Waals surface area contributed by atoms with Crippen molar-refractivity contribution < 1.29 is 24.2 Å². The number of aliphatic carboxylic acids is 1. The molecule has 9 heteroatoms. The second kappa shape index (κ2) is 11.8. The summed E-state index contributed by atoms with van der Waals surface area (Å²) in [6.45, 7) is 15.6. The Kier molecular flexibility index (Phi) is 8.06. The summed E-state index contributed by atoms with van der Waals surface area (Å²) in [6.07, 6.45) is 10.4. The molecule has 0 fully saturated rings. The third-order valence-corrected chi connectivity index (χ3v) is 8.16. The SMILES string of the molecule is C=CC1=C(C)C2=NC1=CC1=NC(=CC3=NC(=CC4=NC(=C2)C(C)=C4CCC(=O)O)C(C(=O)CC(=O)OC)=C3C)C(C=C)=C1C. The van der Waals surface area contributed by atoms with Crippen LogP contribution in [0.2, 0.25) is 0 Å². The van der Waals surface area contributed by atoms with E-state index < -0.39 is 24.1 Å². The van der Waals surface area contributed by atoms with Crippen molar-refractivity contribution in [2.45, 2.75) is 47.0 Å². The lowest BCUT2D eigenvalue weighted by Crippen LogP contribution is -2.13. The Hall–Kier alpha value is -5.31. The van der Waals surface area contributed by atoms with Crippen molar-refractivity contribution in [2.75, 3.05) is 7.11 Å². The summed E-state index contributed by atoms with van der Waals surface area (Å²) < 4.78 is 4.76. The second-order valence-electron chi connectivity index (χ2n) is 10.8. The fourth-order valence-corrected chi connectivity index (χ4v) is 5.66. The highest BCUT2D eigenvalue weighted by Gasteiger charge is 2.31. The number of esters is 1. The van der Waals surface area contributed by atoms with Crippen molar-refractivity contribution in [2.24, 2.45) is 20.0 Å². The lowest BCUT2D eigenvalue weighted by molar-refractivity contribution is -0.142. The average molecular weight is 589 g/mol. The first-order valence-corrected chi connectivity index (χ1v) is 14.1. The highest BCUT2D eigenvalue weighted by molar-refractivity contribution is 6.24. The van der Waals surface area contributed by atoms with Crippen molar-refractivity contribution in [3.8, 4) is 0 Å². The Morgan fingerprint density at radius 1 is 0.727 bits per heavy atom. The van der Waals surface area contributed by atoms with Gasteiger partial charge in [-0.25, -0.2) is 20.0 Å². The molecule has 1 N–H and O–H groups in total. The number of Topliss-reactive ketones (excluding diaryl/α,β-unsaturated/α-hetero) is 1. The molecule has 8 bridgehead atoms. The van der Waals surface area contributed by atoms with Crippen LogP contribution in [0.3, 0.4) is 0 Å². The highest BCUT2D eigenvalue weighted by atomic mass is 16.5. The molecule has 44 heavy (non-hydrogen) atoms. The first-order chi connectivity index (χ1) is 21.0. The number of ether oxygens (including phenoxy) is 1. The summed E-state index contributed by atoms with van der Waals surface area (Å²) >= 11 is 0. The van der Waals surface area contributed by atoms with Gasteiger partial charge in [-0.15, -0.1) is 0 Å². The van der Waals surface area contributed by atoms with Crippen LogP contribution < -0.4 is 0 Å². The van der Waals surface area contributed by atoms with E-state index in [-0.39, 0.29) is 18.4 Å². The van der Waals surface area contributed by atoms with Crippen LogP contribution in [0.25, 0.3) is 0 Å². The van der Waals surface area contributed by atoms with Crippen molar-refractivity contribution >= 4 is 40.6 Å². The van der Waals surface area contributed by atoms with Gasteiger partial charge in [0.25, 0.3) is 0 Å². The molecule has 5 aliphatic rings. The lowest BCUT2D eigenvalue weighted by atomic mass is 9.95. The summed E-state index contributed by atoms with van der Waals surface area (Å²) in [4.78, 5) is 56.6. The van der Waals surface area contributed by atoms with Gasteiger partial charge in [0.15, 0.2) is 5.78 Å². The van der Waals surface area contributed by atoms with Crippen LogP contribution in [0, 0.1) is 0 Å². The van der Waals surface area contributed by atoms with Gasteiger partial charge in [0.1, 0.15) is 6.42 Å². The summed E-state index contributed by atoms with van der Waals surface area (Å²) in [7, 11) is 1.23. The largest absolute Gasteiger partial charge is 0.481 e. The van der Waals surface area contributed by atoms with Crippen molar-refractivity contribution in [3.05, 3.63) is 117 Å². The zero-order valence-electron chi connectivity index (χ0n) is 25.4. The maximum atomic E-state index is 13.5. The van der Waals surface area contributed by atoms with E-state index >= 15 is 0 Å². The first-order valence-electron chi connectivity index (χ1n) is 14.1. The fourth-order valence-electron chi connectivity index (χ4n) is 5.66. The third kappa shape index (κ3) is 5.32. The number of fused-ring (bicyclic) bond motifs is 4. The monoisotopic (exact) mass is 588 g/mol. The number of rotatable bonds is 8. The molecule has 5 rings (SSSR count). The Morgan fingerprint density at radius 3 is 1.73 bits per heavy atom. The van der Waals surface area contributed by atoms with Crippen LogP contribution in [0.15, 0.2) is 137 Å². The molecule has 0 aromatic rings. The topological polar surface area (TPSA) is 130 Å². The number of carboxylic acids is 1. The van der Waals surface area contributed by atoms with Crippen molar-refractivity contribution in [1.82, 2.24) is 0 Å².